The largest absolute Gasteiger partial charge is 0.337 e. The van der Waals surface area contributed by atoms with E-state index in [1.54, 1.807) is 6.07 Å². The SMILES string of the molecule is O=C(c1cc(-c2ccccc2Cl)n[nH]1)N1CCC(c2ccncc2)CC1. The predicted octanol–water partition coefficient (Wildman–Crippen LogP) is 4.14. The number of H-pyrrole nitrogens is 1. The summed E-state index contributed by atoms with van der Waals surface area (Å²) < 4.78 is 0. The minimum absolute atomic E-state index is 0.0102. The van der Waals surface area contributed by atoms with Crippen LogP contribution in [0.2, 0.25) is 5.02 Å². The molecule has 1 amide bonds. The number of carbonyl (C=O) groups is 1. The van der Waals surface area contributed by atoms with Gasteiger partial charge in [0.1, 0.15) is 5.69 Å². The van der Waals surface area contributed by atoms with Gasteiger partial charge in [-0.15, -0.1) is 0 Å². The Labute approximate surface area is 157 Å². The van der Waals surface area contributed by atoms with Crippen LogP contribution < -0.4 is 0 Å². The number of benzene rings is 1. The molecule has 1 aliphatic heterocycles. The number of pyridine rings is 1. The number of nitrogens with one attached hydrogen (secondary N) is 1. The number of piperidine rings is 1. The molecule has 3 heterocycles. The Morgan fingerprint density at radius 1 is 1.12 bits per heavy atom. The number of carbonyl (C=O) groups excluding carboxylic acids is 1. The van der Waals surface area contributed by atoms with Gasteiger partial charge in [0.25, 0.3) is 5.91 Å². The Kier molecular flexibility index (Phi) is 4.71. The van der Waals surface area contributed by atoms with Gasteiger partial charge >= 0.3 is 0 Å². The third-order valence-electron chi connectivity index (χ3n) is 4.92. The topological polar surface area (TPSA) is 61.9 Å². The molecule has 132 valence electrons. The van der Waals surface area contributed by atoms with Crippen LogP contribution >= 0.6 is 11.6 Å². The summed E-state index contributed by atoms with van der Waals surface area (Å²) in [5.74, 6) is 0.478. The number of halogens is 1. The lowest BCUT2D eigenvalue weighted by molar-refractivity contribution is 0.0707. The molecule has 1 aromatic carbocycles. The first kappa shape index (κ1) is 16.8. The van der Waals surface area contributed by atoms with Crippen molar-refractivity contribution in [1.29, 1.82) is 0 Å². The van der Waals surface area contributed by atoms with Crippen LogP contribution in [-0.2, 0) is 0 Å². The molecular weight excluding hydrogens is 348 g/mol. The number of likely N-dealkylation sites (tertiary alicyclic amines) is 1. The number of amides is 1. The van der Waals surface area contributed by atoms with E-state index in [2.05, 4.69) is 27.3 Å². The molecular formula is C20H19ClN4O. The van der Waals surface area contributed by atoms with Crippen molar-refractivity contribution in [3.8, 4) is 11.3 Å². The van der Waals surface area contributed by atoms with Crippen LogP contribution in [0.15, 0.2) is 54.9 Å². The van der Waals surface area contributed by atoms with Crippen molar-refractivity contribution in [2.45, 2.75) is 18.8 Å². The van der Waals surface area contributed by atoms with Crippen LogP contribution in [0.5, 0.6) is 0 Å². The zero-order valence-corrected chi connectivity index (χ0v) is 15.0. The first-order valence-corrected chi connectivity index (χ1v) is 9.09. The summed E-state index contributed by atoms with van der Waals surface area (Å²) in [7, 11) is 0. The van der Waals surface area contributed by atoms with Crippen molar-refractivity contribution >= 4 is 17.5 Å². The minimum atomic E-state index is -0.0102. The molecule has 0 radical (unpaired) electrons. The summed E-state index contributed by atoms with van der Waals surface area (Å²) in [6, 6.07) is 13.4. The highest BCUT2D eigenvalue weighted by Crippen LogP contribution is 2.29. The maximum absolute atomic E-state index is 12.8. The third-order valence-corrected chi connectivity index (χ3v) is 5.25. The van der Waals surface area contributed by atoms with E-state index in [1.807, 2.05) is 41.6 Å². The summed E-state index contributed by atoms with van der Waals surface area (Å²) >= 11 is 6.22. The zero-order chi connectivity index (χ0) is 17.9. The van der Waals surface area contributed by atoms with Crippen molar-refractivity contribution < 1.29 is 4.79 Å². The van der Waals surface area contributed by atoms with Gasteiger partial charge in [-0.05, 0) is 48.6 Å². The third kappa shape index (κ3) is 3.35. The first-order valence-electron chi connectivity index (χ1n) is 8.72. The number of aromatic amines is 1. The molecule has 1 fully saturated rings. The highest BCUT2D eigenvalue weighted by molar-refractivity contribution is 6.33. The summed E-state index contributed by atoms with van der Waals surface area (Å²) in [6.45, 7) is 1.48. The zero-order valence-electron chi connectivity index (χ0n) is 14.2. The summed E-state index contributed by atoms with van der Waals surface area (Å²) in [5, 5.41) is 7.75. The Bertz CT molecular complexity index is 901. The first-order chi connectivity index (χ1) is 12.7. The highest BCUT2D eigenvalue weighted by Gasteiger charge is 2.25. The molecule has 26 heavy (non-hydrogen) atoms. The molecule has 0 saturated carbocycles. The molecule has 6 heteroatoms. The van der Waals surface area contributed by atoms with E-state index < -0.39 is 0 Å². The monoisotopic (exact) mass is 366 g/mol. The fraction of sp³-hybridized carbons (Fsp3) is 0.250. The number of hydrogen-bond donors (Lipinski definition) is 1. The Hall–Kier alpha value is -2.66. The van der Waals surface area contributed by atoms with Gasteiger partial charge in [-0.2, -0.15) is 5.10 Å². The molecule has 1 saturated heterocycles. The fourth-order valence-corrected chi connectivity index (χ4v) is 3.69. The van der Waals surface area contributed by atoms with Crippen LogP contribution in [0.4, 0.5) is 0 Å². The Balaban J connectivity index is 1.44. The Morgan fingerprint density at radius 3 is 2.58 bits per heavy atom. The molecule has 0 unspecified atom stereocenters. The predicted molar refractivity (Wildman–Crippen MR) is 101 cm³/mol. The van der Waals surface area contributed by atoms with Crippen LogP contribution in [0, 0.1) is 0 Å². The summed E-state index contributed by atoms with van der Waals surface area (Å²) in [4.78, 5) is 18.7. The molecule has 0 spiro atoms. The minimum Gasteiger partial charge on any atom is -0.337 e. The van der Waals surface area contributed by atoms with Gasteiger partial charge in [0.05, 0.1) is 10.7 Å². The van der Waals surface area contributed by atoms with E-state index in [0.29, 0.717) is 22.3 Å². The van der Waals surface area contributed by atoms with Crippen molar-refractivity contribution in [3.05, 3.63) is 71.1 Å². The number of hydrogen-bond acceptors (Lipinski definition) is 3. The lowest BCUT2D eigenvalue weighted by Gasteiger charge is -2.31. The van der Waals surface area contributed by atoms with Crippen molar-refractivity contribution in [3.63, 3.8) is 0 Å². The van der Waals surface area contributed by atoms with E-state index in [9.17, 15) is 4.79 Å². The molecule has 3 aromatic rings. The fourth-order valence-electron chi connectivity index (χ4n) is 3.46. The Morgan fingerprint density at radius 2 is 1.85 bits per heavy atom. The quantitative estimate of drug-likeness (QED) is 0.757. The van der Waals surface area contributed by atoms with Gasteiger partial charge < -0.3 is 4.90 Å². The van der Waals surface area contributed by atoms with Crippen molar-refractivity contribution in [1.82, 2.24) is 20.1 Å². The summed E-state index contributed by atoms with van der Waals surface area (Å²) in [6.07, 6.45) is 5.57. The molecule has 2 aromatic heterocycles. The molecule has 1 N–H and O–H groups in total. The van der Waals surface area contributed by atoms with E-state index in [4.69, 9.17) is 11.6 Å². The molecule has 4 rings (SSSR count). The van der Waals surface area contributed by atoms with Crippen molar-refractivity contribution in [2.75, 3.05) is 13.1 Å². The molecule has 5 nitrogen and oxygen atoms in total. The van der Waals surface area contributed by atoms with E-state index in [-0.39, 0.29) is 5.91 Å². The van der Waals surface area contributed by atoms with E-state index >= 15 is 0 Å². The van der Waals surface area contributed by atoms with Gasteiger partial charge in [-0.25, -0.2) is 0 Å². The molecule has 0 bridgehead atoms. The molecule has 1 aliphatic rings. The second-order valence-electron chi connectivity index (χ2n) is 6.49. The van der Waals surface area contributed by atoms with Crippen LogP contribution in [0.25, 0.3) is 11.3 Å². The van der Waals surface area contributed by atoms with Crippen molar-refractivity contribution in [2.24, 2.45) is 0 Å². The van der Waals surface area contributed by atoms with Gasteiger partial charge in [0, 0.05) is 31.0 Å². The molecule has 0 atom stereocenters. The number of aromatic nitrogens is 3. The summed E-state index contributed by atoms with van der Waals surface area (Å²) in [5.41, 5.74) is 3.31. The average Bonchev–Trinajstić information content (AvgIpc) is 3.18. The number of rotatable bonds is 3. The maximum Gasteiger partial charge on any atom is 0.271 e. The smallest absolute Gasteiger partial charge is 0.271 e. The lowest BCUT2D eigenvalue weighted by Crippen LogP contribution is -2.38. The van der Waals surface area contributed by atoms with Gasteiger partial charge in [-0.3, -0.25) is 14.9 Å². The van der Waals surface area contributed by atoms with Gasteiger partial charge in [-0.1, -0.05) is 29.8 Å². The van der Waals surface area contributed by atoms with Crippen LogP contribution in [0.3, 0.4) is 0 Å². The van der Waals surface area contributed by atoms with Gasteiger partial charge in [0.15, 0.2) is 0 Å². The lowest BCUT2D eigenvalue weighted by atomic mass is 9.90. The standard InChI is InChI=1S/C20H19ClN4O/c21-17-4-2-1-3-16(17)18-13-19(24-23-18)20(26)25-11-7-15(8-12-25)14-5-9-22-10-6-14/h1-6,9-10,13,15H,7-8,11-12H2,(H,23,24). The van der Waals surface area contributed by atoms with Crippen LogP contribution in [-0.4, -0.2) is 39.1 Å². The van der Waals surface area contributed by atoms with Gasteiger partial charge in [0.2, 0.25) is 0 Å². The highest BCUT2D eigenvalue weighted by atomic mass is 35.5. The number of nitrogens with zero attached hydrogens (tertiary/aromatic N) is 3. The van der Waals surface area contributed by atoms with Crippen LogP contribution in [0.1, 0.15) is 34.8 Å². The van der Waals surface area contributed by atoms with E-state index in [1.165, 1.54) is 5.56 Å². The second kappa shape index (κ2) is 7.30. The maximum atomic E-state index is 12.8. The normalized spacial score (nSPS) is 15.2. The molecule has 0 aliphatic carbocycles. The average molecular weight is 367 g/mol. The van der Waals surface area contributed by atoms with E-state index in [0.717, 1.165) is 31.5 Å². The second-order valence-corrected chi connectivity index (χ2v) is 6.90.